The van der Waals surface area contributed by atoms with Gasteiger partial charge >= 0.3 is 0 Å². The van der Waals surface area contributed by atoms with Crippen molar-refractivity contribution in [2.24, 2.45) is 23.2 Å². The van der Waals surface area contributed by atoms with Gasteiger partial charge in [0.05, 0.1) is 0 Å². The van der Waals surface area contributed by atoms with E-state index in [1.165, 1.54) is 25.7 Å². The van der Waals surface area contributed by atoms with Crippen LogP contribution in [-0.4, -0.2) is 37.5 Å². The smallest absolute Gasteiger partial charge is 0.228 e. The quantitative estimate of drug-likeness (QED) is 0.848. The molecule has 0 aromatic rings. The molecule has 0 radical (unpaired) electrons. The molecule has 0 aromatic carbocycles. The third kappa shape index (κ3) is 2.54. The zero-order valence-corrected chi connectivity index (χ0v) is 12.5. The number of carbonyl (C=O) groups is 1. The molecule has 1 aliphatic heterocycles. The molecular weight excluding hydrogens is 236 g/mol. The highest BCUT2D eigenvalue weighted by atomic mass is 16.2. The fourth-order valence-electron chi connectivity index (χ4n) is 4.69. The molecule has 0 spiro atoms. The number of carbonyl (C=O) groups excluding carboxylic acids is 1. The van der Waals surface area contributed by atoms with Gasteiger partial charge in [0.2, 0.25) is 5.91 Å². The molecule has 19 heavy (non-hydrogen) atoms. The Hall–Kier alpha value is -0.570. The summed E-state index contributed by atoms with van der Waals surface area (Å²) in [5, 5.41) is 3.36. The molecule has 3 unspecified atom stereocenters. The largest absolute Gasteiger partial charge is 0.345 e. The highest BCUT2D eigenvalue weighted by molar-refractivity contribution is 5.82. The molecule has 1 amide bonds. The SMILES string of the molecule is CN(CC1CC2CCC1C2)C(=O)C1(C)CCNCC1. The number of nitrogens with one attached hydrogen (secondary N) is 1. The third-order valence-electron chi connectivity index (χ3n) is 5.96. The lowest BCUT2D eigenvalue weighted by Gasteiger charge is -2.37. The van der Waals surface area contributed by atoms with Crippen molar-refractivity contribution in [1.82, 2.24) is 10.2 Å². The standard InChI is InChI=1S/C16H28N2O/c1-16(5-7-17-8-6-16)15(19)18(2)11-14-10-12-3-4-13(14)9-12/h12-14,17H,3-11H2,1-2H3. The molecule has 1 N–H and O–H groups in total. The molecule has 108 valence electrons. The monoisotopic (exact) mass is 264 g/mol. The van der Waals surface area contributed by atoms with Gasteiger partial charge in [-0.25, -0.2) is 0 Å². The Morgan fingerprint density at radius 1 is 1.26 bits per heavy atom. The fourth-order valence-corrected chi connectivity index (χ4v) is 4.69. The van der Waals surface area contributed by atoms with Crippen LogP contribution < -0.4 is 5.32 Å². The lowest BCUT2D eigenvalue weighted by atomic mass is 9.79. The Morgan fingerprint density at radius 2 is 2.00 bits per heavy atom. The first-order valence-corrected chi connectivity index (χ1v) is 8.05. The molecule has 3 rings (SSSR count). The van der Waals surface area contributed by atoms with Crippen LogP contribution in [-0.2, 0) is 4.79 Å². The maximum atomic E-state index is 12.7. The van der Waals surface area contributed by atoms with Gasteiger partial charge in [-0.05, 0) is 62.9 Å². The van der Waals surface area contributed by atoms with E-state index in [-0.39, 0.29) is 5.41 Å². The van der Waals surface area contributed by atoms with Gasteiger partial charge in [0, 0.05) is 19.0 Å². The van der Waals surface area contributed by atoms with Crippen molar-refractivity contribution in [3.05, 3.63) is 0 Å². The molecule has 3 aliphatic rings. The minimum atomic E-state index is -0.113. The summed E-state index contributed by atoms with van der Waals surface area (Å²) in [6.07, 6.45) is 7.66. The first-order chi connectivity index (χ1) is 9.08. The van der Waals surface area contributed by atoms with Crippen LogP contribution in [0.15, 0.2) is 0 Å². The van der Waals surface area contributed by atoms with Crippen molar-refractivity contribution in [3.63, 3.8) is 0 Å². The number of fused-ring (bicyclic) bond motifs is 2. The molecule has 1 heterocycles. The molecular formula is C16H28N2O. The average molecular weight is 264 g/mol. The number of hydrogen-bond donors (Lipinski definition) is 1. The normalized spacial score (nSPS) is 36.4. The highest BCUT2D eigenvalue weighted by Gasteiger charge is 2.42. The summed E-state index contributed by atoms with van der Waals surface area (Å²) in [6.45, 7) is 5.14. The Kier molecular flexibility index (Phi) is 3.59. The molecule has 2 aliphatic carbocycles. The van der Waals surface area contributed by atoms with Crippen LogP contribution in [0, 0.1) is 23.2 Å². The maximum absolute atomic E-state index is 12.7. The van der Waals surface area contributed by atoms with Gasteiger partial charge in [-0.2, -0.15) is 0 Å². The van der Waals surface area contributed by atoms with E-state index in [1.54, 1.807) is 0 Å². The molecule has 2 saturated carbocycles. The summed E-state index contributed by atoms with van der Waals surface area (Å²) in [7, 11) is 2.03. The second-order valence-corrected chi connectivity index (χ2v) is 7.43. The molecule has 0 aromatic heterocycles. The molecule has 3 atom stereocenters. The van der Waals surface area contributed by atoms with Crippen molar-refractivity contribution < 1.29 is 4.79 Å². The van der Waals surface area contributed by atoms with Crippen molar-refractivity contribution >= 4 is 5.91 Å². The first-order valence-electron chi connectivity index (χ1n) is 8.05. The molecule has 2 bridgehead atoms. The Morgan fingerprint density at radius 3 is 2.58 bits per heavy atom. The summed E-state index contributed by atoms with van der Waals surface area (Å²) in [5.41, 5.74) is -0.113. The molecule has 1 saturated heterocycles. The Labute approximate surface area is 117 Å². The van der Waals surface area contributed by atoms with Crippen LogP contribution in [0.1, 0.15) is 45.4 Å². The van der Waals surface area contributed by atoms with Crippen molar-refractivity contribution in [2.75, 3.05) is 26.7 Å². The van der Waals surface area contributed by atoms with E-state index < -0.39 is 0 Å². The van der Waals surface area contributed by atoms with Crippen molar-refractivity contribution in [3.8, 4) is 0 Å². The maximum Gasteiger partial charge on any atom is 0.228 e. The fraction of sp³-hybridized carbons (Fsp3) is 0.938. The predicted octanol–water partition coefficient (Wildman–Crippen LogP) is 2.27. The van der Waals surface area contributed by atoms with Crippen molar-refractivity contribution in [1.29, 1.82) is 0 Å². The summed E-state index contributed by atoms with van der Waals surface area (Å²) in [4.78, 5) is 14.8. The topological polar surface area (TPSA) is 32.3 Å². The van der Waals surface area contributed by atoms with Crippen molar-refractivity contribution in [2.45, 2.75) is 45.4 Å². The molecule has 3 heteroatoms. The van der Waals surface area contributed by atoms with Crippen LogP contribution >= 0.6 is 0 Å². The molecule has 3 nitrogen and oxygen atoms in total. The van der Waals surface area contributed by atoms with E-state index in [0.29, 0.717) is 5.91 Å². The lowest BCUT2D eigenvalue weighted by molar-refractivity contribution is -0.142. The van der Waals surface area contributed by atoms with E-state index in [1.807, 2.05) is 7.05 Å². The van der Waals surface area contributed by atoms with Gasteiger partial charge in [-0.15, -0.1) is 0 Å². The van der Waals surface area contributed by atoms with Gasteiger partial charge in [0.15, 0.2) is 0 Å². The summed E-state index contributed by atoms with van der Waals surface area (Å²) in [6, 6.07) is 0. The zero-order chi connectivity index (χ0) is 13.5. The van der Waals surface area contributed by atoms with Gasteiger partial charge in [0.25, 0.3) is 0 Å². The van der Waals surface area contributed by atoms with E-state index in [2.05, 4.69) is 17.1 Å². The van der Waals surface area contributed by atoms with Crippen LogP contribution in [0.4, 0.5) is 0 Å². The molecule has 3 fully saturated rings. The Balaban J connectivity index is 1.57. The second kappa shape index (κ2) is 5.08. The number of nitrogens with zero attached hydrogens (tertiary/aromatic N) is 1. The lowest BCUT2D eigenvalue weighted by Crippen LogP contribution is -2.47. The zero-order valence-electron chi connectivity index (χ0n) is 12.5. The minimum absolute atomic E-state index is 0.113. The van der Waals surface area contributed by atoms with E-state index in [9.17, 15) is 4.79 Å². The Bertz CT molecular complexity index is 349. The minimum Gasteiger partial charge on any atom is -0.345 e. The number of rotatable bonds is 3. The second-order valence-electron chi connectivity index (χ2n) is 7.43. The third-order valence-corrected chi connectivity index (χ3v) is 5.96. The first kappa shape index (κ1) is 13.4. The van der Waals surface area contributed by atoms with E-state index in [0.717, 1.165) is 50.2 Å². The van der Waals surface area contributed by atoms with Crippen LogP contribution in [0.3, 0.4) is 0 Å². The van der Waals surface area contributed by atoms with Gasteiger partial charge in [0.1, 0.15) is 0 Å². The van der Waals surface area contributed by atoms with Gasteiger partial charge in [-0.1, -0.05) is 13.3 Å². The van der Waals surface area contributed by atoms with Gasteiger partial charge < -0.3 is 10.2 Å². The summed E-state index contributed by atoms with van der Waals surface area (Å²) < 4.78 is 0. The van der Waals surface area contributed by atoms with Crippen LogP contribution in [0.2, 0.25) is 0 Å². The highest BCUT2D eigenvalue weighted by Crippen LogP contribution is 2.48. The average Bonchev–Trinajstić information content (AvgIpc) is 3.01. The summed E-state index contributed by atoms with van der Waals surface area (Å²) >= 11 is 0. The van der Waals surface area contributed by atoms with Crippen LogP contribution in [0.25, 0.3) is 0 Å². The number of hydrogen-bond acceptors (Lipinski definition) is 2. The summed E-state index contributed by atoms with van der Waals surface area (Å²) in [5.74, 6) is 3.07. The van der Waals surface area contributed by atoms with Gasteiger partial charge in [-0.3, -0.25) is 4.79 Å². The predicted molar refractivity (Wildman–Crippen MR) is 76.8 cm³/mol. The number of amides is 1. The number of piperidine rings is 1. The van der Waals surface area contributed by atoms with E-state index >= 15 is 0 Å². The van der Waals surface area contributed by atoms with Crippen LogP contribution in [0.5, 0.6) is 0 Å². The van der Waals surface area contributed by atoms with E-state index in [4.69, 9.17) is 0 Å².